The lowest BCUT2D eigenvalue weighted by Gasteiger charge is -2.18. The highest BCUT2D eigenvalue weighted by atomic mass is 19.1. The molecule has 1 unspecified atom stereocenters. The Bertz CT molecular complexity index is 439. The molecule has 0 saturated heterocycles. The summed E-state index contributed by atoms with van der Waals surface area (Å²) in [6.45, 7) is 3.81. The van der Waals surface area contributed by atoms with E-state index in [0.717, 1.165) is 37.8 Å². The van der Waals surface area contributed by atoms with Gasteiger partial charge in [0.1, 0.15) is 17.7 Å². The Morgan fingerprint density at radius 3 is 2.19 bits per heavy atom. The van der Waals surface area contributed by atoms with Crippen LogP contribution in [0.15, 0.2) is 18.2 Å². The standard InChI is InChI=1S/C16H23F2NO2/c1-3-6-11(7-4-2)16(21)19-10-14(20)15-12(17)8-5-9-13(15)18/h5,8-9,11,14,20H,3-4,6-7,10H2,1-2H3,(H,19,21). The van der Waals surface area contributed by atoms with Crippen molar-refractivity contribution in [2.45, 2.75) is 45.6 Å². The van der Waals surface area contributed by atoms with Crippen molar-refractivity contribution in [3.05, 3.63) is 35.4 Å². The molecule has 0 radical (unpaired) electrons. The number of rotatable bonds is 8. The van der Waals surface area contributed by atoms with E-state index < -0.39 is 23.3 Å². The molecule has 0 saturated carbocycles. The maximum atomic E-state index is 13.5. The molecule has 0 aliphatic heterocycles. The highest BCUT2D eigenvalue weighted by Crippen LogP contribution is 2.20. The minimum absolute atomic E-state index is 0.113. The summed E-state index contributed by atoms with van der Waals surface area (Å²) in [5.41, 5.74) is -0.402. The zero-order chi connectivity index (χ0) is 15.8. The fourth-order valence-corrected chi connectivity index (χ4v) is 2.38. The Kier molecular flexibility index (Phi) is 7.29. The van der Waals surface area contributed by atoms with Crippen LogP contribution < -0.4 is 5.32 Å². The zero-order valence-corrected chi connectivity index (χ0v) is 12.5. The van der Waals surface area contributed by atoms with Gasteiger partial charge in [-0.25, -0.2) is 8.78 Å². The van der Waals surface area contributed by atoms with Gasteiger partial charge in [-0.2, -0.15) is 0 Å². The van der Waals surface area contributed by atoms with E-state index in [1.807, 2.05) is 13.8 Å². The number of aliphatic hydroxyl groups excluding tert-OH is 1. The number of aliphatic hydroxyl groups is 1. The van der Waals surface area contributed by atoms with E-state index in [4.69, 9.17) is 0 Å². The lowest BCUT2D eigenvalue weighted by Crippen LogP contribution is -2.34. The molecule has 1 amide bonds. The van der Waals surface area contributed by atoms with Crippen LogP contribution in [-0.2, 0) is 4.79 Å². The van der Waals surface area contributed by atoms with Gasteiger partial charge in [0.2, 0.25) is 5.91 Å². The van der Waals surface area contributed by atoms with Gasteiger partial charge in [0.25, 0.3) is 0 Å². The maximum Gasteiger partial charge on any atom is 0.223 e. The molecule has 118 valence electrons. The summed E-state index contributed by atoms with van der Waals surface area (Å²) < 4.78 is 27.0. The first kappa shape index (κ1) is 17.6. The van der Waals surface area contributed by atoms with Crippen molar-refractivity contribution < 1.29 is 18.7 Å². The van der Waals surface area contributed by atoms with Crippen molar-refractivity contribution >= 4 is 5.91 Å². The zero-order valence-electron chi connectivity index (χ0n) is 12.5. The molecule has 0 heterocycles. The van der Waals surface area contributed by atoms with E-state index in [2.05, 4.69) is 5.32 Å². The molecule has 2 N–H and O–H groups in total. The van der Waals surface area contributed by atoms with Crippen LogP contribution in [0.2, 0.25) is 0 Å². The molecule has 0 spiro atoms. The molecule has 1 aromatic carbocycles. The highest BCUT2D eigenvalue weighted by Gasteiger charge is 2.21. The van der Waals surface area contributed by atoms with Gasteiger partial charge in [0.15, 0.2) is 0 Å². The van der Waals surface area contributed by atoms with Gasteiger partial charge in [-0.3, -0.25) is 4.79 Å². The number of amides is 1. The predicted molar refractivity (Wildman–Crippen MR) is 77.6 cm³/mol. The number of hydrogen-bond donors (Lipinski definition) is 2. The van der Waals surface area contributed by atoms with Crippen LogP contribution in [0.25, 0.3) is 0 Å². The summed E-state index contributed by atoms with van der Waals surface area (Å²) in [5.74, 6) is -1.90. The van der Waals surface area contributed by atoms with E-state index in [1.54, 1.807) is 0 Å². The molecular weight excluding hydrogens is 276 g/mol. The molecular formula is C16H23F2NO2. The second kappa shape index (κ2) is 8.72. The van der Waals surface area contributed by atoms with Crippen molar-refractivity contribution in [3.8, 4) is 0 Å². The van der Waals surface area contributed by atoms with Crippen LogP contribution in [0.1, 0.15) is 51.2 Å². The molecule has 1 atom stereocenters. The smallest absolute Gasteiger partial charge is 0.223 e. The SMILES string of the molecule is CCCC(CCC)C(=O)NCC(O)c1c(F)cccc1F. The van der Waals surface area contributed by atoms with Gasteiger partial charge < -0.3 is 10.4 Å². The molecule has 5 heteroatoms. The average molecular weight is 299 g/mol. The van der Waals surface area contributed by atoms with Crippen molar-refractivity contribution in [1.82, 2.24) is 5.32 Å². The van der Waals surface area contributed by atoms with Gasteiger partial charge in [-0.05, 0) is 25.0 Å². The Morgan fingerprint density at radius 1 is 1.19 bits per heavy atom. The van der Waals surface area contributed by atoms with E-state index in [9.17, 15) is 18.7 Å². The fourth-order valence-electron chi connectivity index (χ4n) is 2.38. The number of benzene rings is 1. The molecule has 1 rings (SSSR count). The van der Waals surface area contributed by atoms with Crippen LogP contribution >= 0.6 is 0 Å². The topological polar surface area (TPSA) is 49.3 Å². The van der Waals surface area contributed by atoms with E-state index in [-0.39, 0.29) is 18.4 Å². The Morgan fingerprint density at radius 2 is 1.71 bits per heavy atom. The van der Waals surface area contributed by atoms with E-state index >= 15 is 0 Å². The Hall–Kier alpha value is -1.49. The Balaban J connectivity index is 2.63. The second-order valence-electron chi connectivity index (χ2n) is 5.17. The number of halogens is 2. The number of hydrogen-bond acceptors (Lipinski definition) is 2. The van der Waals surface area contributed by atoms with Gasteiger partial charge in [-0.1, -0.05) is 32.8 Å². The first-order valence-corrected chi connectivity index (χ1v) is 7.40. The van der Waals surface area contributed by atoms with Crippen LogP contribution in [0.5, 0.6) is 0 Å². The fraction of sp³-hybridized carbons (Fsp3) is 0.562. The maximum absolute atomic E-state index is 13.5. The summed E-state index contributed by atoms with van der Waals surface area (Å²) in [4.78, 5) is 12.0. The third-order valence-electron chi connectivity index (χ3n) is 3.45. The number of carbonyl (C=O) groups excluding carboxylic acids is 1. The Labute approximate surface area is 124 Å². The normalized spacial score (nSPS) is 12.5. The summed E-state index contributed by atoms with van der Waals surface area (Å²) >= 11 is 0. The molecule has 0 aliphatic carbocycles. The first-order chi connectivity index (χ1) is 10.0. The van der Waals surface area contributed by atoms with Crippen LogP contribution in [-0.4, -0.2) is 17.6 Å². The third kappa shape index (κ3) is 5.08. The molecule has 3 nitrogen and oxygen atoms in total. The van der Waals surface area contributed by atoms with E-state index in [0.29, 0.717) is 0 Å². The highest BCUT2D eigenvalue weighted by molar-refractivity contribution is 5.78. The van der Waals surface area contributed by atoms with Crippen molar-refractivity contribution in [1.29, 1.82) is 0 Å². The molecule has 21 heavy (non-hydrogen) atoms. The minimum atomic E-state index is -1.39. The van der Waals surface area contributed by atoms with Gasteiger partial charge >= 0.3 is 0 Å². The third-order valence-corrected chi connectivity index (χ3v) is 3.45. The summed E-state index contributed by atoms with van der Waals surface area (Å²) in [6.07, 6.45) is 1.93. The van der Waals surface area contributed by atoms with Crippen LogP contribution in [0, 0.1) is 17.6 Å². The lowest BCUT2D eigenvalue weighted by atomic mass is 9.97. The summed E-state index contributed by atoms with van der Waals surface area (Å²) in [7, 11) is 0. The first-order valence-electron chi connectivity index (χ1n) is 7.40. The lowest BCUT2D eigenvalue weighted by molar-refractivity contribution is -0.126. The van der Waals surface area contributed by atoms with Crippen molar-refractivity contribution in [3.63, 3.8) is 0 Å². The van der Waals surface area contributed by atoms with E-state index in [1.165, 1.54) is 6.07 Å². The van der Waals surface area contributed by atoms with Gasteiger partial charge in [0, 0.05) is 12.5 Å². The number of nitrogens with one attached hydrogen (secondary N) is 1. The van der Waals surface area contributed by atoms with Gasteiger partial charge in [0.05, 0.1) is 5.56 Å². The van der Waals surface area contributed by atoms with Crippen LogP contribution in [0.4, 0.5) is 8.78 Å². The molecule has 0 fully saturated rings. The minimum Gasteiger partial charge on any atom is -0.386 e. The summed E-state index contributed by atoms with van der Waals surface area (Å²) in [5, 5.41) is 12.5. The largest absolute Gasteiger partial charge is 0.386 e. The summed E-state index contributed by atoms with van der Waals surface area (Å²) in [6, 6.07) is 3.40. The van der Waals surface area contributed by atoms with Crippen molar-refractivity contribution in [2.75, 3.05) is 6.54 Å². The molecule has 0 aromatic heterocycles. The van der Waals surface area contributed by atoms with Crippen molar-refractivity contribution in [2.24, 2.45) is 5.92 Å². The number of carbonyl (C=O) groups is 1. The average Bonchev–Trinajstić information content (AvgIpc) is 2.44. The monoisotopic (exact) mass is 299 g/mol. The molecule has 1 aromatic rings. The van der Waals surface area contributed by atoms with Crippen LogP contribution in [0.3, 0.4) is 0 Å². The molecule has 0 aliphatic rings. The molecule has 0 bridgehead atoms. The van der Waals surface area contributed by atoms with Gasteiger partial charge in [-0.15, -0.1) is 0 Å². The second-order valence-corrected chi connectivity index (χ2v) is 5.17. The predicted octanol–water partition coefficient (Wildman–Crippen LogP) is 3.33. The quantitative estimate of drug-likeness (QED) is 0.773.